The van der Waals surface area contributed by atoms with Gasteiger partial charge in [-0.2, -0.15) is 0 Å². The number of para-hydroxylation sites is 1. The Balaban J connectivity index is 1.40. The Labute approximate surface area is 138 Å². The molecule has 0 radical (unpaired) electrons. The fourth-order valence-corrected chi connectivity index (χ4v) is 2.45. The number of H-pyrrole nitrogens is 2. The monoisotopic (exact) mass is 325 g/mol. The highest BCUT2D eigenvalue weighted by Gasteiger charge is 2.03. The van der Waals surface area contributed by atoms with Crippen molar-refractivity contribution < 1.29 is 9.53 Å². The van der Waals surface area contributed by atoms with Crippen molar-refractivity contribution in [2.75, 3.05) is 13.2 Å². The zero-order valence-corrected chi connectivity index (χ0v) is 13.2. The molecule has 0 aliphatic carbocycles. The lowest BCUT2D eigenvalue weighted by molar-refractivity contribution is -0.121. The van der Waals surface area contributed by atoms with Crippen molar-refractivity contribution in [3.63, 3.8) is 0 Å². The second-order valence-electron chi connectivity index (χ2n) is 5.47. The molecule has 3 N–H and O–H groups in total. The number of amides is 1. The van der Waals surface area contributed by atoms with E-state index >= 15 is 0 Å². The summed E-state index contributed by atoms with van der Waals surface area (Å²) in [5.41, 5.74) is 2.40. The SMILES string of the molecule is O=C(CCOc1ccccc1)NCCc1ccc2[nH]c(=O)[nH]c2c1. The average molecular weight is 325 g/mol. The van der Waals surface area contributed by atoms with Gasteiger partial charge < -0.3 is 20.0 Å². The number of nitrogens with one attached hydrogen (secondary N) is 3. The molecule has 1 heterocycles. The zero-order chi connectivity index (χ0) is 16.8. The van der Waals surface area contributed by atoms with Gasteiger partial charge in [0, 0.05) is 6.54 Å². The maximum atomic E-state index is 11.8. The van der Waals surface area contributed by atoms with E-state index in [9.17, 15) is 9.59 Å². The van der Waals surface area contributed by atoms with E-state index in [-0.39, 0.29) is 11.6 Å². The molecule has 0 saturated carbocycles. The third-order valence-electron chi connectivity index (χ3n) is 3.66. The summed E-state index contributed by atoms with van der Waals surface area (Å²) in [7, 11) is 0. The number of fused-ring (bicyclic) bond motifs is 1. The highest BCUT2D eigenvalue weighted by Crippen LogP contribution is 2.10. The van der Waals surface area contributed by atoms with Crippen LogP contribution >= 0.6 is 0 Å². The standard InChI is InChI=1S/C18H19N3O3/c22-17(9-11-24-14-4-2-1-3-5-14)19-10-8-13-6-7-15-16(12-13)21-18(23)20-15/h1-7,12H,8-11H2,(H,19,22)(H2,20,21,23). The van der Waals surface area contributed by atoms with Crippen LogP contribution in [-0.4, -0.2) is 29.0 Å². The highest BCUT2D eigenvalue weighted by atomic mass is 16.5. The maximum absolute atomic E-state index is 11.8. The first-order valence-electron chi connectivity index (χ1n) is 7.86. The molecule has 3 rings (SSSR count). The third-order valence-corrected chi connectivity index (χ3v) is 3.66. The molecular weight excluding hydrogens is 306 g/mol. The Kier molecular flexibility index (Phi) is 4.96. The van der Waals surface area contributed by atoms with Crippen molar-refractivity contribution in [3.05, 3.63) is 64.6 Å². The minimum absolute atomic E-state index is 0.0398. The minimum Gasteiger partial charge on any atom is -0.493 e. The zero-order valence-electron chi connectivity index (χ0n) is 13.2. The van der Waals surface area contributed by atoms with Gasteiger partial charge in [0.05, 0.1) is 24.1 Å². The summed E-state index contributed by atoms with van der Waals surface area (Å²) in [5.74, 6) is 0.723. The maximum Gasteiger partial charge on any atom is 0.323 e. The first-order chi connectivity index (χ1) is 11.7. The molecule has 0 aliphatic rings. The third kappa shape index (κ3) is 4.25. The van der Waals surface area contributed by atoms with Gasteiger partial charge in [-0.1, -0.05) is 24.3 Å². The van der Waals surface area contributed by atoms with E-state index in [4.69, 9.17) is 4.74 Å². The molecule has 0 fully saturated rings. The van der Waals surface area contributed by atoms with E-state index in [0.29, 0.717) is 26.0 Å². The van der Waals surface area contributed by atoms with Crippen molar-refractivity contribution in [2.24, 2.45) is 0 Å². The van der Waals surface area contributed by atoms with Gasteiger partial charge in [0.2, 0.25) is 5.91 Å². The van der Waals surface area contributed by atoms with Crippen LogP contribution in [0.25, 0.3) is 11.0 Å². The predicted octanol–water partition coefficient (Wildman–Crippen LogP) is 1.98. The number of hydrogen-bond acceptors (Lipinski definition) is 3. The number of carbonyl (C=O) groups excluding carboxylic acids is 1. The Morgan fingerprint density at radius 1 is 1.04 bits per heavy atom. The van der Waals surface area contributed by atoms with Crippen LogP contribution in [0.15, 0.2) is 53.3 Å². The quantitative estimate of drug-likeness (QED) is 0.621. The second kappa shape index (κ2) is 7.50. The number of imidazole rings is 1. The van der Waals surface area contributed by atoms with Crippen molar-refractivity contribution in [1.82, 2.24) is 15.3 Å². The van der Waals surface area contributed by atoms with Crippen molar-refractivity contribution in [2.45, 2.75) is 12.8 Å². The minimum atomic E-state index is -0.214. The second-order valence-corrected chi connectivity index (χ2v) is 5.47. The van der Waals surface area contributed by atoms with Gasteiger partial charge in [-0.15, -0.1) is 0 Å². The Morgan fingerprint density at radius 3 is 2.67 bits per heavy atom. The van der Waals surface area contributed by atoms with Crippen LogP contribution in [0.1, 0.15) is 12.0 Å². The summed E-state index contributed by atoms with van der Waals surface area (Å²) in [6.07, 6.45) is 1.02. The molecule has 1 aromatic heterocycles. The molecule has 6 heteroatoms. The van der Waals surface area contributed by atoms with Gasteiger partial charge in [0.25, 0.3) is 0 Å². The van der Waals surface area contributed by atoms with Gasteiger partial charge in [-0.05, 0) is 36.2 Å². The van der Waals surface area contributed by atoms with Crippen LogP contribution in [0.2, 0.25) is 0 Å². The van der Waals surface area contributed by atoms with Crippen LogP contribution in [0.3, 0.4) is 0 Å². The van der Waals surface area contributed by atoms with E-state index in [2.05, 4.69) is 15.3 Å². The molecular formula is C18H19N3O3. The topological polar surface area (TPSA) is 87.0 Å². The average Bonchev–Trinajstić information content (AvgIpc) is 2.95. The van der Waals surface area contributed by atoms with Crippen LogP contribution in [-0.2, 0) is 11.2 Å². The van der Waals surface area contributed by atoms with Gasteiger partial charge in [-0.3, -0.25) is 4.79 Å². The van der Waals surface area contributed by atoms with Gasteiger partial charge >= 0.3 is 5.69 Å². The van der Waals surface area contributed by atoms with Gasteiger partial charge in [0.15, 0.2) is 0 Å². The van der Waals surface area contributed by atoms with Crippen molar-refractivity contribution in [3.8, 4) is 5.75 Å². The molecule has 24 heavy (non-hydrogen) atoms. The van der Waals surface area contributed by atoms with Crippen LogP contribution < -0.4 is 15.7 Å². The highest BCUT2D eigenvalue weighted by molar-refractivity contribution is 5.76. The molecule has 0 aliphatic heterocycles. The number of benzene rings is 2. The van der Waals surface area contributed by atoms with E-state index in [1.807, 2.05) is 48.5 Å². The number of aromatic nitrogens is 2. The largest absolute Gasteiger partial charge is 0.493 e. The summed E-state index contributed by atoms with van der Waals surface area (Å²) in [6, 6.07) is 15.1. The number of ether oxygens (including phenoxy) is 1. The number of carbonyl (C=O) groups is 1. The van der Waals surface area contributed by atoms with Crippen LogP contribution in [0, 0.1) is 0 Å². The van der Waals surface area contributed by atoms with Crippen molar-refractivity contribution >= 4 is 16.9 Å². The fraction of sp³-hybridized carbons (Fsp3) is 0.222. The Morgan fingerprint density at radius 2 is 1.83 bits per heavy atom. The molecule has 0 spiro atoms. The van der Waals surface area contributed by atoms with E-state index in [0.717, 1.165) is 22.3 Å². The molecule has 0 atom stereocenters. The fourth-order valence-electron chi connectivity index (χ4n) is 2.45. The molecule has 6 nitrogen and oxygen atoms in total. The van der Waals surface area contributed by atoms with E-state index < -0.39 is 0 Å². The smallest absolute Gasteiger partial charge is 0.323 e. The number of hydrogen-bond donors (Lipinski definition) is 3. The lowest BCUT2D eigenvalue weighted by atomic mass is 10.1. The molecule has 1 amide bonds. The van der Waals surface area contributed by atoms with E-state index in [1.165, 1.54) is 0 Å². The summed E-state index contributed by atoms with van der Waals surface area (Å²) in [5, 5.41) is 2.87. The van der Waals surface area contributed by atoms with Crippen LogP contribution in [0.4, 0.5) is 0 Å². The molecule has 0 bridgehead atoms. The summed E-state index contributed by atoms with van der Waals surface area (Å²) >= 11 is 0. The Bertz CT molecular complexity index is 868. The number of rotatable bonds is 7. The predicted molar refractivity (Wildman–Crippen MR) is 92.2 cm³/mol. The summed E-state index contributed by atoms with van der Waals surface area (Å²) < 4.78 is 5.49. The molecule has 3 aromatic rings. The molecule has 0 unspecified atom stereocenters. The lowest BCUT2D eigenvalue weighted by Crippen LogP contribution is -2.27. The first kappa shape index (κ1) is 15.9. The molecule has 2 aromatic carbocycles. The van der Waals surface area contributed by atoms with Gasteiger partial charge in [0.1, 0.15) is 5.75 Å². The van der Waals surface area contributed by atoms with Crippen molar-refractivity contribution in [1.29, 1.82) is 0 Å². The number of aromatic amines is 2. The first-order valence-corrected chi connectivity index (χ1v) is 7.86. The van der Waals surface area contributed by atoms with Crippen LogP contribution in [0.5, 0.6) is 5.75 Å². The normalized spacial score (nSPS) is 10.7. The summed E-state index contributed by atoms with van der Waals surface area (Å²) in [4.78, 5) is 28.5. The lowest BCUT2D eigenvalue weighted by Gasteiger charge is -2.07. The summed E-state index contributed by atoms with van der Waals surface area (Å²) in [6.45, 7) is 0.900. The van der Waals surface area contributed by atoms with Gasteiger partial charge in [-0.25, -0.2) is 4.79 Å². The van der Waals surface area contributed by atoms with E-state index in [1.54, 1.807) is 0 Å². The molecule has 124 valence electrons. The Hall–Kier alpha value is -3.02. The molecule has 0 saturated heterocycles.